The smallest absolute Gasteiger partial charge is 0.234 e. The lowest BCUT2D eigenvalue weighted by Crippen LogP contribution is -2.50. The van der Waals surface area contributed by atoms with E-state index in [0.717, 1.165) is 64.7 Å². The van der Waals surface area contributed by atoms with Crippen LogP contribution in [0.15, 0.2) is 0 Å². The van der Waals surface area contributed by atoms with Crippen molar-refractivity contribution in [2.45, 2.75) is 25.3 Å². The van der Waals surface area contributed by atoms with Crippen molar-refractivity contribution in [1.29, 1.82) is 5.26 Å². The number of nitriles is 1. The first kappa shape index (κ1) is 15.2. The van der Waals surface area contributed by atoms with Crippen LogP contribution in [0.3, 0.4) is 0 Å². The number of rotatable bonds is 5. The zero-order valence-corrected chi connectivity index (χ0v) is 11.9. The number of primary amides is 1. The zero-order chi connectivity index (χ0) is 14.4. The Balaban J connectivity index is 1.75. The first-order chi connectivity index (χ1) is 9.70. The second-order valence-electron chi connectivity index (χ2n) is 5.43. The highest BCUT2D eigenvalue weighted by Gasteiger charge is 2.32. The van der Waals surface area contributed by atoms with E-state index in [2.05, 4.69) is 15.9 Å². The Kier molecular flexibility index (Phi) is 5.77. The summed E-state index contributed by atoms with van der Waals surface area (Å²) in [7, 11) is 0. The topological polar surface area (TPSA) is 82.6 Å². The van der Waals surface area contributed by atoms with Gasteiger partial charge in [-0.2, -0.15) is 5.26 Å². The number of carbonyl (C=O) groups is 1. The molecule has 2 saturated heterocycles. The number of piperidine rings is 1. The van der Waals surface area contributed by atoms with E-state index in [1.54, 1.807) is 0 Å². The van der Waals surface area contributed by atoms with Crippen LogP contribution in [0.25, 0.3) is 0 Å². The molecule has 2 aliphatic rings. The van der Waals surface area contributed by atoms with E-state index in [4.69, 9.17) is 15.7 Å². The Hall–Kier alpha value is -1.16. The molecule has 0 spiro atoms. The first-order valence-electron chi connectivity index (χ1n) is 7.29. The molecule has 6 nitrogen and oxygen atoms in total. The number of nitrogens with two attached hydrogens (primary N) is 1. The molecule has 0 bridgehead atoms. The van der Waals surface area contributed by atoms with Crippen molar-refractivity contribution < 1.29 is 9.53 Å². The second-order valence-corrected chi connectivity index (χ2v) is 5.43. The van der Waals surface area contributed by atoms with Crippen LogP contribution in [0.1, 0.15) is 19.3 Å². The van der Waals surface area contributed by atoms with Gasteiger partial charge in [-0.1, -0.05) is 0 Å². The molecular formula is C14H23N4O2. The van der Waals surface area contributed by atoms with Gasteiger partial charge in [-0.25, -0.2) is 0 Å². The molecule has 2 aliphatic heterocycles. The summed E-state index contributed by atoms with van der Waals surface area (Å²) in [6.07, 6.45) is 2.28. The quantitative estimate of drug-likeness (QED) is 0.751. The van der Waals surface area contributed by atoms with Crippen molar-refractivity contribution >= 4 is 5.91 Å². The van der Waals surface area contributed by atoms with Crippen LogP contribution in [-0.4, -0.2) is 67.7 Å². The number of carbonyl (C=O) groups excluding carboxylic acids is 1. The number of morpholine rings is 1. The Morgan fingerprint density at radius 1 is 1.35 bits per heavy atom. The Bertz CT molecular complexity index is 363. The van der Waals surface area contributed by atoms with Crippen LogP contribution < -0.4 is 5.73 Å². The molecule has 2 fully saturated rings. The maximum Gasteiger partial charge on any atom is 0.234 e. The standard InChI is InChI=1S/C14H23N4O2/c15-11-12-2-5-18(13(10-12)14(16)19)4-1-3-17-6-8-20-9-7-17/h13H,1-10H2,(H2,16,19). The molecule has 2 heterocycles. The normalized spacial score (nSPS) is 26.2. The van der Waals surface area contributed by atoms with Crippen molar-refractivity contribution in [3.05, 3.63) is 5.92 Å². The average Bonchev–Trinajstić information content (AvgIpc) is 2.48. The van der Waals surface area contributed by atoms with Gasteiger partial charge in [-0.15, -0.1) is 0 Å². The minimum absolute atomic E-state index is 0.303. The van der Waals surface area contributed by atoms with E-state index in [1.807, 2.05) is 0 Å². The molecule has 1 amide bonds. The zero-order valence-electron chi connectivity index (χ0n) is 11.9. The van der Waals surface area contributed by atoms with Gasteiger partial charge in [0.25, 0.3) is 0 Å². The van der Waals surface area contributed by atoms with Gasteiger partial charge in [0.05, 0.1) is 31.2 Å². The number of amides is 1. The van der Waals surface area contributed by atoms with E-state index in [1.165, 1.54) is 0 Å². The van der Waals surface area contributed by atoms with Gasteiger partial charge in [0.1, 0.15) is 0 Å². The summed E-state index contributed by atoms with van der Waals surface area (Å²) < 4.78 is 5.32. The molecule has 20 heavy (non-hydrogen) atoms. The van der Waals surface area contributed by atoms with Crippen molar-refractivity contribution in [3.8, 4) is 6.07 Å². The highest BCUT2D eigenvalue weighted by Crippen LogP contribution is 2.24. The Labute approximate surface area is 120 Å². The van der Waals surface area contributed by atoms with Crippen LogP contribution in [-0.2, 0) is 9.53 Å². The lowest BCUT2D eigenvalue weighted by atomic mass is 9.91. The predicted octanol–water partition coefficient (Wildman–Crippen LogP) is -0.244. The second kappa shape index (κ2) is 7.58. The number of ether oxygens (including phenoxy) is 1. The van der Waals surface area contributed by atoms with E-state index >= 15 is 0 Å². The fourth-order valence-corrected chi connectivity index (χ4v) is 2.87. The molecule has 0 aromatic heterocycles. The Morgan fingerprint density at radius 2 is 2.10 bits per heavy atom. The predicted molar refractivity (Wildman–Crippen MR) is 74.5 cm³/mol. The van der Waals surface area contributed by atoms with Crippen molar-refractivity contribution in [1.82, 2.24) is 9.80 Å². The van der Waals surface area contributed by atoms with E-state index in [0.29, 0.717) is 6.42 Å². The van der Waals surface area contributed by atoms with Crippen molar-refractivity contribution in [2.24, 2.45) is 5.73 Å². The van der Waals surface area contributed by atoms with Gasteiger partial charge in [-0.3, -0.25) is 14.6 Å². The molecule has 0 aromatic carbocycles. The maximum absolute atomic E-state index is 11.5. The number of likely N-dealkylation sites (tertiary alicyclic amines) is 1. The minimum Gasteiger partial charge on any atom is -0.379 e. The molecule has 1 atom stereocenters. The van der Waals surface area contributed by atoms with Crippen molar-refractivity contribution in [2.75, 3.05) is 45.9 Å². The van der Waals surface area contributed by atoms with Gasteiger partial charge < -0.3 is 10.5 Å². The maximum atomic E-state index is 11.5. The summed E-state index contributed by atoms with van der Waals surface area (Å²) in [4.78, 5) is 16.0. The number of hydrogen-bond donors (Lipinski definition) is 1. The summed E-state index contributed by atoms with van der Waals surface area (Å²) in [6.45, 7) is 6.27. The summed E-state index contributed by atoms with van der Waals surface area (Å²) in [5.74, 6) is 0.474. The monoisotopic (exact) mass is 279 g/mol. The molecule has 111 valence electrons. The molecule has 0 saturated carbocycles. The van der Waals surface area contributed by atoms with Crippen LogP contribution in [0.4, 0.5) is 0 Å². The fourth-order valence-electron chi connectivity index (χ4n) is 2.87. The molecule has 2 rings (SSSR count). The van der Waals surface area contributed by atoms with Crippen molar-refractivity contribution in [3.63, 3.8) is 0 Å². The molecule has 6 heteroatoms. The van der Waals surface area contributed by atoms with Crippen LogP contribution in [0.2, 0.25) is 0 Å². The van der Waals surface area contributed by atoms with Crippen LogP contribution in [0, 0.1) is 17.2 Å². The number of nitrogens with zero attached hydrogens (tertiary/aromatic N) is 3. The third kappa shape index (κ3) is 4.17. The molecular weight excluding hydrogens is 256 g/mol. The van der Waals surface area contributed by atoms with Gasteiger partial charge in [0.15, 0.2) is 0 Å². The largest absolute Gasteiger partial charge is 0.379 e. The number of hydrogen-bond acceptors (Lipinski definition) is 5. The highest BCUT2D eigenvalue weighted by molar-refractivity contribution is 5.80. The van der Waals surface area contributed by atoms with E-state index < -0.39 is 0 Å². The van der Waals surface area contributed by atoms with E-state index in [-0.39, 0.29) is 11.9 Å². The summed E-state index contributed by atoms with van der Waals surface area (Å²) in [5, 5.41) is 8.95. The SMILES string of the molecule is N#C[C]1CCN(CCCN2CCOCC2)C(C(N)=O)C1. The average molecular weight is 279 g/mol. The summed E-state index contributed by atoms with van der Waals surface area (Å²) in [5.41, 5.74) is 5.46. The van der Waals surface area contributed by atoms with Crippen LogP contribution in [0.5, 0.6) is 0 Å². The third-order valence-electron chi connectivity index (χ3n) is 4.09. The highest BCUT2D eigenvalue weighted by atomic mass is 16.5. The molecule has 1 unspecified atom stereocenters. The van der Waals surface area contributed by atoms with Crippen LogP contribution >= 0.6 is 0 Å². The molecule has 2 N–H and O–H groups in total. The molecule has 0 aliphatic carbocycles. The third-order valence-corrected chi connectivity index (χ3v) is 4.09. The first-order valence-corrected chi connectivity index (χ1v) is 7.29. The lowest BCUT2D eigenvalue weighted by Gasteiger charge is -2.36. The van der Waals surface area contributed by atoms with Gasteiger partial charge >= 0.3 is 0 Å². The van der Waals surface area contributed by atoms with Gasteiger partial charge in [0.2, 0.25) is 5.91 Å². The summed E-state index contributed by atoms with van der Waals surface area (Å²) >= 11 is 0. The molecule has 0 aromatic rings. The van der Waals surface area contributed by atoms with E-state index in [9.17, 15) is 4.79 Å². The lowest BCUT2D eigenvalue weighted by molar-refractivity contribution is -0.124. The summed E-state index contributed by atoms with van der Waals surface area (Å²) in [6, 6.07) is 1.87. The molecule has 1 radical (unpaired) electrons. The Morgan fingerprint density at radius 3 is 2.75 bits per heavy atom. The van der Waals surface area contributed by atoms with Gasteiger partial charge in [-0.05, 0) is 25.8 Å². The van der Waals surface area contributed by atoms with Gasteiger partial charge in [0, 0.05) is 26.2 Å². The minimum atomic E-state index is -0.316. The fraction of sp³-hybridized carbons (Fsp3) is 0.786.